The van der Waals surface area contributed by atoms with Crippen molar-refractivity contribution in [2.24, 2.45) is 5.10 Å². The molecular weight excluding hydrogens is 318 g/mol. The number of rotatable bonds is 6. The third kappa shape index (κ3) is 3.58. The molecule has 0 bridgehead atoms. The predicted octanol–water partition coefficient (Wildman–Crippen LogP) is 2.45. The molecule has 0 aliphatic heterocycles. The van der Waals surface area contributed by atoms with Gasteiger partial charge in [0.2, 0.25) is 5.75 Å². The van der Waals surface area contributed by atoms with Gasteiger partial charge in [-0.1, -0.05) is 12.1 Å². The summed E-state index contributed by atoms with van der Waals surface area (Å²) in [5.74, 6) is -1.77. The number of nitrogens with zero attached hydrogens (tertiary/aromatic N) is 2. The molecule has 9 nitrogen and oxygen atoms in total. The van der Waals surface area contributed by atoms with Crippen molar-refractivity contribution in [2.75, 3.05) is 12.5 Å². The van der Waals surface area contributed by atoms with E-state index in [1.807, 2.05) is 0 Å². The molecule has 0 amide bonds. The maximum Gasteiger partial charge on any atom is 0.337 e. The van der Waals surface area contributed by atoms with E-state index in [9.17, 15) is 20.0 Å². The average molecular weight is 331 g/mol. The van der Waals surface area contributed by atoms with Gasteiger partial charge >= 0.3 is 11.7 Å². The minimum Gasteiger partial charge on any atom is -0.500 e. The first kappa shape index (κ1) is 16.7. The Bertz CT molecular complexity index is 819. The second-order valence-corrected chi connectivity index (χ2v) is 4.57. The van der Waals surface area contributed by atoms with Gasteiger partial charge in [-0.3, -0.25) is 15.5 Å². The first-order valence-electron chi connectivity index (χ1n) is 6.60. The standard InChI is InChI=1S/C15H13N3O6/c1-24-13-7-9(6-12(14(13)19)18(22)23)8-16-17-11-5-3-2-4-10(11)15(20)21/h2-8,17,19H,1H3,(H,20,21). The largest absolute Gasteiger partial charge is 0.500 e. The molecule has 0 aliphatic rings. The number of methoxy groups -OCH3 is 1. The number of ether oxygens (including phenoxy) is 1. The zero-order valence-electron chi connectivity index (χ0n) is 12.5. The maximum atomic E-state index is 11.1. The summed E-state index contributed by atoms with van der Waals surface area (Å²) in [4.78, 5) is 21.3. The highest BCUT2D eigenvalue weighted by molar-refractivity contribution is 5.94. The van der Waals surface area contributed by atoms with Gasteiger partial charge in [-0.25, -0.2) is 4.79 Å². The molecule has 0 fully saturated rings. The molecule has 24 heavy (non-hydrogen) atoms. The zero-order valence-corrected chi connectivity index (χ0v) is 12.5. The van der Waals surface area contributed by atoms with E-state index in [1.54, 1.807) is 12.1 Å². The molecule has 0 aromatic heterocycles. The van der Waals surface area contributed by atoms with Gasteiger partial charge in [0.1, 0.15) is 0 Å². The predicted molar refractivity (Wildman–Crippen MR) is 85.9 cm³/mol. The normalized spacial score (nSPS) is 10.5. The number of nitro groups is 1. The van der Waals surface area contributed by atoms with Crippen LogP contribution in [0.25, 0.3) is 0 Å². The number of para-hydroxylation sites is 1. The van der Waals surface area contributed by atoms with Crippen molar-refractivity contribution in [2.45, 2.75) is 0 Å². The number of nitro benzene ring substituents is 1. The summed E-state index contributed by atoms with van der Waals surface area (Å²) in [6, 6.07) is 8.63. The van der Waals surface area contributed by atoms with E-state index in [0.29, 0.717) is 0 Å². The van der Waals surface area contributed by atoms with Gasteiger partial charge in [-0.15, -0.1) is 0 Å². The van der Waals surface area contributed by atoms with Crippen LogP contribution in [0.3, 0.4) is 0 Å². The number of hydrogen-bond donors (Lipinski definition) is 3. The van der Waals surface area contributed by atoms with Crippen LogP contribution in [0.15, 0.2) is 41.5 Å². The summed E-state index contributed by atoms with van der Waals surface area (Å²) >= 11 is 0. The SMILES string of the molecule is COc1cc(C=NNc2ccccc2C(=O)O)cc([N+](=O)[O-])c1O. The van der Waals surface area contributed by atoms with Crippen LogP contribution in [0.5, 0.6) is 11.5 Å². The summed E-state index contributed by atoms with van der Waals surface area (Å²) in [6.45, 7) is 0. The molecule has 0 atom stereocenters. The van der Waals surface area contributed by atoms with Crippen molar-refractivity contribution < 1.29 is 24.7 Å². The van der Waals surface area contributed by atoms with Crippen LogP contribution in [0, 0.1) is 10.1 Å². The monoisotopic (exact) mass is 331 g/mol. The van der Waals surface area contributed by atoms with Crippen LogP contribution in [0.1, 0.15) is 15.9 Å². The molecule has 2 rings (SSSR count). The highest BCUT2D eigenvalue weighted by Gasteiger charge is 2.19. The van der Waals surface area contributed by atoms with E-state index in [1.165, 1.54) is 31.5 Å². The molecule has 9 heteroatoms. The topological polar surface area (TPSA) is 134 Å². The lowest BCUT2D eigenvalue weighted by molar-refractivity contribution is -0.386. The number of hydrazone groups is 1. The fraction of sp³-hybridized carbons (Fsp3) is 0.0667. The van der Waals surface area contributed by atoms with Crippen molar-refractivity contribution in [3.8, 4) is 11.5 Å². The van der Waals surface area contributed by atoms with E-state index < -0.39 is 22.3 Å². The Balaban J connectivity index is 2.28. The van der Waals surface area contributed by atoms with Gasteiger partial charge in [-0.2, -0.15) is 5.10 Å². The molecule has 2 aromatic rings. The Morgan fingerprint density at radius 2 is 2.08 bits per heavy atom. The van der Waals surface area contributed by atoms with Gasteiger partial charge in [0, 0.05) is 11.6 Å². The number of carboxylic acid groups (broad SMARTS) is 1. The molecule has 0 heterocycles. The van der Waals surface area contributed by atoms with E-state index in [2.05, 4.69) is 10.5 Å². The smallest absolute Gasteiger partial charge is 0.337 e. The Morgan fingerprint density at radius 3 is 2.71 bits per heavy atom. The molecule has 0 radical (unpaired) electrons. The molecule has 0 aliphatic carbocycles. The van der Waals surface area contributed by atoms with Crippen LogP contribution in [0.4, 0.5) is 11.4 Å². The molecule has 0 saturated carbocycles. The lowest BCUT2D eigenvalue weighted by Gasteiger charge is -2.06. The number of phenolic OH excluding ortho intramolecular Hbond substituents is 1. The van der Waals surface area contributed by atoms with Gasteiger partial charge in [0.05, 0.1) is 29.5 Å². The number of aromatic carboxylic acids is 1. The Hall–Kier alpha value is -3.62. The summed E-state index contributed by atoms with van der Waals surface area (Å²) < 4.78 is 4.88. The van der Waals surface area contributed by atoms with Crippen LogP contribution < -0.4 is 10.2 Å². The number of hydrogen-bond acceptors (Lipinski definition) is 7. The van der Waals surface area contributed by atoms with Crippen LogP contribution in [-0.4, -0.2) is 34.4 Å². The van der Waals surface area contributed by atoms with Crippen molar-refractivity contribution in [3.05, 3.63) is 57.6 Å². The molecular formula is C15H13N3O6. The third-order valence-electron chi connectivity index (χ3n) is 3.05. The minimum atomic E-state index is -1.12. The van der Waals surface area contributed by atoms with Crippen molar-refractivity contribution in [1.82, 2.24) is 0 Å². The first-order chi connectivity index (χ1) is 11.4. The second kappa shape index (κ2) is 7.09. The van der Waals surface area contributed by atoms with Crippen molar-refractivity contribution >= 4 is 23.6 Å². The summed E-state index contributed by atoms with van der Waals surface area (Å²) in [5.41, 5.74) is 2.62. The van der Waals surface area contributed by atoms with Gasteiger partial charge in [-0.05, 0) is 18.2 Å². The van der Waals surface area contributed by atoms with Gasteiger partial charge in [0.25, 0.3) is 0 Å². The molecule has 0 spiro atoms. The molecule has 0 saturated heterocycles. The molecule has 0 unspecified atom stereocenters. The summed E-state index contributed by atoms with van der Waals surface area (Å²) in [7, 11) is 1.26. The first-order valence-corrected chi connectivity index (χ1v) is 6.60. The maximum absolute atomic E-state index is 11.1. The fourth-order valence-electron chi connectivity index (χ4n) is 1.93. The second-order valence-electron chi connectivity index (χ2n) is 4.57. The average Bonchev–Trinajstić information content (AvgIpc) is 2.56. The quantitative estimate of drug-likeness (QED) is 0.420. The van der Waals surface area contributed by atoms with Crippen LogP contribution in [-0.2, 0) is 0 Å². The number of nitrogens with one attached hydrogen (secondary N) is 1. The Kier molecular flexibility index (Phi) is 4.95. The highest BCUT2D eigenvalue weighted by Crippen LogP contribution is 2.36. The lowest BCUT2D eigenvalue weighted by atomic mass is 10.2. The van der Waals surface area contributed by atoms with Crippen LogP contribution in [0.2, 0.25) is 0 Å². The third-order valence-corrected chi connectivity index (χ3v) is 3.05. The lowest BCUT2D eigenvalue weighted by Crippen LogP contribution is -2.02. The number of carboxylic acids is 1. The van der Waals surface area contributed by atoms with Gasteiger partial charge in [0.15, 0.2) is 5.75 Å². The minimum absolute atomic E-state index is 0.0314. The van der Waals surface area contributed by atoms with Crippen molar-refractivity contribution in [1.29, 1.82) is 0 Å². The molecule has 124 valence electrons. The number of benzene rings is 2. The molecule has 3 N–H and O–H groups in total. The fourth-order valence-corrected chi connectivity index (χ4v) is 1.93. The van der Waals surface area contributed by atoms with E-state index >= 15 is 0 Å². The number of aromatic hydroxyl groups is 1. The number of carbonyl (C=O) groups is 1. The van der Waals surface area contributed by atoms with E-state index in [0.717, 1.165) is 6.07 Å². The van der Waals surface area contributed by atoms with Crippen LogP contribution >= 0.6 is 0 Å². The zero-order chi connectivity index (χ0) is 17.7. The van der Waals surface area contributed by atoms with Crippen molar-refractivity contribution in [3.63, 3.8) is 0 Å². The molecule has 2 aromatic carbocycles. The summed E-state index contributed by atoms with van der Waals surface area (Å²) in [5, 5.41) is 33.5. The number of phenols is 1. The number of anilines is 1. The van der Waals surface area contributed by atoms with Gasteiger partial charge < -0.3 is 14.9 Å². The van der Waals surface area contributed by atoms with E-state index in [-0.39, 0.29) is 22.6 Å². The highest BCUT2D eigenvalue weighted by atomic mass is 16.6. The summed E-state index contributed by atoms with van der Waals surface area (Å²) in [6.07, 6.45) is 1.24. The Morgan fingerprint density at radius 1 is 1.38 bits per heavy atom. The Labute approximate surface area is 136 Å². The van der Waals surface area contributed by atoms with E-state index in [4.69, 9.17) is 9.84 Å².